The monoisotopic (exact) mass is 348 g/mol. The second kappa shape index (κ2) is 7.79. The number of nitrogens with zero attached hydrogens (tertiary/aromatic N) is 1. The lowest BCUT2D eigenvalue weighted by molar-refractivity contribution is -0.384. The maximum Gasteiger partial charge on any atom is 0.270 e. The molecule has 0 aromatic heterocycles. The molecule has 1 amide bonds. The van der Waals surface area contributed by atoms with Gasteiger partial charge >= 0.3 is 0 Å². The van der Waals surface area contributed by atoms with Crippen LogP contribution >= 0.6 is 11.6 Å². The van der Waals surface area contributed by atoms with E-state index in [0.717, 1.165) is 11.6 Å². The number of hydrogen-bond acceptors (Lipinski definition) is 4. The molecule has 126 valence electrons. The Balaban J connectivity index is 1.97. The lowest BCUT2D eigenvalue weighted by atomic mass is 10.1. The summed E-state index contributed by atoms with van der Waals surface area (Å²) in [5, 5.41) is 13.7. The van der Waals surface area contributed by atoms with Crippen molar-refractivity contribution in [2.75, 3.05) is 6.61 Å². The molecule has 1 atom stereocenters. The number of nitro benzene ring substituents is 1. The first kappa shape index (κ1) is 17.7. The maximum atomic E-state index is 12.2. The number of halogens is 1. The van der Waals surface area contributed by atoms with Crippen LogP contribution in [0.2, 0.25) is 5.02 Å². The maximum absolute atomic E-state index is 12.2. The lowest BCUT2D eigenvalue weighted by Crippen LogP contribution is -2.36. The van der Waals surface area contributed by atoms with Gasteiger partial charge in [0.15, 0.2) is 0 Å². The molecule has 0 bridgehead atoms. The average Bonchev–Trinajstić information content (AvgIpc) is 2.54. The molecule has 7 heteroatoms. The zero-order valence-electron chi connectivity index (χ0n) is 13.3. The molecule has 0 radical (unpaired) electrons. The molecule has 0 fully saturated rings. The van der Waals surface area contributed by atoms with Crippen LogP contribution in [0.25, 0.3) is 0 Å². The van der Waals surface area contributed by atoms with Gasteiger partial charge in [0, 0.05) is 12.1 Å². The average molecular weight is 349 g/mol. The van der Waals surface area contributed by atoms with Crippen molar-refractivity contribution in [1.29, 1.82) is 0 Å². The minimum absolute atomic E-state index is 0.0630. The van der Waals surface area contributed by atoms with Crippen molar-refractivity contribution in [3.05, 3.63) is 68.7 Å². The molecule has 2 rings (SSSR count). The van der Waals surface area contributed by atoms with Gasteiger partial charge in [-0.2, -0.15) is 0 Å². The Bertz CT molecular complexity index is 747. The number of amides is 1. The van der Waals surface area contributed by atoms with Gasteiger partial charge in [-0.25, -0.2) is 0 Å². The van der Waals surface area contributed by atoms with E-state index >= 15 is 0 Å². The first-order valence-corrected chi connectivity index (χ1v) is 7.69. The summed E-state index contributed by atoms with van der Waals surface area (Å²) < 4.78 is 5.60. The molecule has 0 saturated heterocycles. The number of carbonyl (C=O) groups excluding carboxylic acids is 1. The SMILES string of the molecule is Cc1ccc(OCC(C)NC(=O)c2cc([N+](=O)[O-])ccc2Cl)cc1. The molecule has 1 unspecified atom stereocenters. The topological polar surface area (TPSA) is 81.5 Å². The number of non-ortho nitro benzene ring substituents is 1. The first-order chi connectivity index (χ1) is 11.4. The quantitative estimate of drug-likeness (QED) is 0.636. The Morgan fingerprint density at radius 1 is 1.29 bits per heavy atom. The van der Waals surface area contributed by atoms with Gasteiger partial charge in [-0.15, -0.1) is 0 Å². The van der Waals surface area contributed by atoms with Crippen LogP contribution < -0.4 is 10.1 Å². The van der Waals surface area contributed by atoms with Crippen LogP contribution in [0, 0.1) is 17.0 Å². The molecular formula is C17H17ClN2O4. The number of ether oxygens (including phenoxy) is 1. The molecule has 0 aliphatic heterocycles. The number of aryl methyl sites for hydroxylation is 1. The van der Waals surface area contributed by atoms with Crippen molar-refractivity contribution < 1.29 is 14.5 Å². The van der Waals surface area contributed by atoms with E-state index in [2.05, 4.69) is 5.32 Å². The molecule has 0 spiro atoms. The smallest absolute Gasteiger partial charge is 0.270 e. The van der Waals surface area contributed by atoms with E-state index in [4.69, 9.17) is 16.3 Å². The molecule has 2 aromatic rings. The Labute approximate surface area is 144 Å². The third-order valence-electron chi connectivity index (χ3n) is 3.30. The van der Waals surface area contributed by atoms with Crippen molar-refractivity contribution in [2.24, 2.45) is 0 Å². The second-order valence-corrected chi connectivity index (χ2v) is 5.83. The summed E-state index contributed by atoms with van der Waals surface area (Å²) in [5.74, 6) is 0.221. The molecule has 24 heavy (non-hydrogen) atoms. The van der Waals surface area contributed by atoms with Crippen molar-refractivity contribution in [2.45, 2.75) is 19.9 Å². The third-order valence-corrected chi connectivity index (χ3v) is 3.63. The Kier molecular flexibility index (Phi) is 5.76. The molecule has 1 N–H and O–H groups in total. The lowest BCUT2D eigenvalue weighted by Gasteiger charge is -2.15. The Morgan fingerprint density at radius 3 is 2.58 bits per heavy atom. The highest BCUT2D eigenvalue weighted by atomic mass is 35.5. The number of rotatable bonds is 6. The van der Waals surface area contributed by atoms with E-state index in [1.54, 1.807) is 6.92 Å². The summed E-state index contributed by atoms with van der Waals surface area (Å²) in [6.45, 7) is 4.02. The molecule has 6 nitrogen and oxygen atoms in total. The van der Waals surface area contributed by atoms with Crippen LogP contribution in [0.1, 0.15) is 22.8 Å². The van der Waals surface area contributed by atoms with Crippen LogP contribution in [0.3, 0.4) is 0 Å². The zero-order chi connectivity index (χ0) is 17.7. The normalized spacial score (nSPS) is 11.6. The van der Waals surface area contributed by atoms with Gasteiger partial charge in [-0.3, -0.25) is 14.9 Å². The molecule has 0 heterocycles. The summed E-state index contributed by atoms with van der Waals surface area (Å²) >= 11 is 5.95. The molecule has 2 aromatic carbocycles. The van der Waals surface area contributed by atoms with Crippen LogP contribution in [-0.2, 0) is 0 Å². The largest absolute Gasteiger partial charge is 0.491 e. The molecule has 0 aliphatic rings. The molecular weight excluding hydrogens is 332 g/mol. The zero-order valence-corrected chi connectivity index (χ0v) is 14.0. The fourth-order valence-corrected chi connectivity index (χ4v) is 2.20. The predicted octanol–water partition coefficient (Wildman–Crippen LogP) is 3.75. The summed E-state index contributed by atoms with van der Waals surface area (Å²) in [6, 6.07) is 11.0. The van der Waals surface area contributed by atoms with E-state index < -0.39 is 10.8 Å². The first-order valence-electron chi connectivity index (χ1n) is 7.31. The van der Waals surface area contributed by atoms with Crippen molar-refractivity contribution >= 4 is 23.2 Å². The van der Waals surface area contributed by atoms with Gasteiger partial charge in [-0.1, -0.05) is 29.3 Å². The minimum Gasteiger partial charge on any atom is -0.491 e. The number of hydrogen-bond donors (Lipinski definition) is 1. The van der Waals surface area contributed by atoms with Gasteiger partial charge < -0.3 is 10.1 Å². The van der Waals surface area contributed by atoms with Gasteiger partial charge in [0.1, 0.15) is 12.4 Å². The number of benzene rings is 2. The van der Waals surface area contributed by atoms with Crippen LogP contribution in [0.15, 0.2) is 42.5 Å². The van der Waals surface area contributed by atoms with Crippen molar-refractivity contribution in [3.63, 3.8) is 0 Å². The Hall–Kier alpha value is -2.60. The highest BCUT2D eigenvalue weighted by Gasteiger charge is 2.17. The van der Waals surface area contributed by atoms with E-state index in [0.29, 0.717) is 5.75 Å². The van der Waals surface area contributed by atoms with Crippen molar-refractivity contribution in [1.82, 2.24) is 5.32 Å². The molecule has 0 aliphatic carbocycles. The number of nitrogens with one attached hydrogen (secondary N) is 1. The minimum atomic E-state index is -0.572. The van der Waals surface area contributed by atoms with Crippen LogP contribution in [-0.4, -0.2) is 23.5 Å². The fourth-order valence-electron chi connectivity index (χ4n) is 2.00. The van der Waals surface area contributed by atoms with E-state index in [1.807, 2.05) is 31.2 Å². The summed E-state index contributed by atoms with van der Waals surface area (Å²) in [6.07, 6.45) is 0. The molecule has 0 saturated carbocycles. The number of carbonyl (C=O) groups is 1. The highest BCUT2D eigenvalue weighted by molar-refractivity contribution is 6.33. The van der Waals surface area contributed by atoms with Gasteiger partial charge in [0.2, 0.25) is 0 Å². The van der Waals surface area contributed by atoms with E-state index in [1.165, 1.54) is 12.1 Å². The van der Waals surface area contributed by atoms with Crippen LogP contribution in [0.4, 0.5) is 5.69 Å². The predicted molar refractivity (Wildman–Crippen MR) is 91.7 cm³/mol. The van der Waals surface area contributed by atoms with Gasteiger partial charge in [-0.05, 0) is 32.0 Å². The van der Waals surface area contributed by atoms with Gasteiger partial charge in [0.25, 0.3) is 11.6 Å². The van der Waals surface area contributed by atoms with Crippen LogP contribution in [0.5, 0.6) is 5.75 Å². The summed E-state index contributed by atoms with van der Waals surface area (Å²) in [5.41, 5.74) is 1.00. The standard InChI is InChI=1S/C17H17ClN2O4/c1-11-3-6-14(7-4-11)24-10-12(2)19-17(21)15-9-13(20(22)23)5-8-16(15)18/h3-9,12H,10H2,1-2H3,(H,19,21). The summed E-state index contributed by atoms with van der Waals surface area (Å²) in [7, 11) is 0. The highest BCUT2D eigenvalue weighted by Crippen LogP contribution is 2.22. The van der Waals surface area contributed by atoms with Gasteiger partial charge in [0.05, 0.1) is 21.6 Å². The number of nitro groups is 1. The van der Waals surface area contributed by atoms with E-state index in [-0.39, 0.29) is 28.9 Å². The third kappa shape index (κ3) is 4.70. The summed E-state index contributed by atoms with van der Waals surface area (Å²) in [4.78, 5) is 22.5. The Morgan fingerprint density at radius 2 is 1.96 bits per heavy atom. The second-order valence-electron chi connectivity index (χ2n) is 5.42. The van der Waals surface area contributed by atoms with E-state index in [9.17, 15) is 14.9 Å². The fraction of sp³-hybridized carbons (Fsp3) is 0.235. The van der Waals surface area contributed by atoms with Crippen molar-refractivity contribution in [3.8, 4) is 5.75 Å².